The van der Waals surface area contributed by atoms with Gasteiger partial charge in [-0.25, -0.2) is 0 Å². The van der Waals surface area contributed by atoms with Crippen molar-refractivity contribution in [2.75, 3.05) is 0 Å². The van der Waals surface area contributed by atoms with Gasteiger partial charge >= 0.3 is 59.0 Å². The molecular formula is C4H8KO5P. The van der Waals surface area contributed by atoms with E-state index in [1.807, 2.05) is 0 Å². The quantitative estimate of drug-likeness (QED) is 0.365. The summed E-state index contributed by atoms with van der Waals surface area (Å²) in [6.45, 7) is 0. The van der Waals surface area contributed by atoms with Gasteiger partial charge in [0.05, 0.1) is 6.26 Å². The first-order chi connectivity index (χ1) is 4.11. The van der Waals surface area contributed by atoms with E-state index in [-0.39, 0.29) is 63.8 Å². The summed E-state index contributed by atoms with van der Waals surface area (Å²) >= 11 is 0. The van der Waals surface area contributed by atoms with E-state index in [1.54, 1.807) is 0 Å². The van der Waals surface area contributed by atoms with Gasteiger partial charge in [-0.15, -0.1) is 0 Å². The predicted molar refractivity (Wildman–Crippen MR) is 35.1 cm³/mol. The Bertz CT molecular complexity index is 232. The molecule has 0 fully saturated rings. The number of furan rings is 1. The summed E-state index contributed by atoms with van der Waals surface area (Å²) in [7, 11) is -4.14. The van der Waals surface area contributed by atoms with E-state index >= 15 is 0 Å². The molecule has 0 amide bonds. The Balaban J connectivity index is -0.000000270. The molecule has 0 spiro atoms. The first-order valence-corrected chi connectivity index (χ1v) is 3.81. The standard InChI is InChI=1S/C4H5O4P.K.H2O.H/c5-9(6,7)4-2-1-3-8-4;;;/h1-3H,(H2,5,6,7);;1H2;/q;+1;;-1. The van der Waals surface area contributed by atoms with E-state index in [9.17, 15) is 4.57 Å². The van der Waals surface area contributed by atoms with Crippen LogP contribution in [0.25, 0.3) is 0 Å². The van der Waals surface area contributed by atoms with E-state index in [2.05, 4.69) is 4.42 Å². The minimum absolute atomic E-state index is 0. The van der Waals surface area contributed by atoms with Gasteiger partial charge in [-0.05, 0) is 12.1 Å². The van der Waals surface area contributed by atoms with Crippen molar-refractivity contribution >= 4 is 13.1 Å². The third kappa shape index (κ3) is 4.57. The van der Waals surface area contributed by atoms with E-state index in [4.69, 9.17) is 9.79 Å². The second-order valence-corrected chi connectivity index (χ2v) is 3.02. The molecule has 4 N–H and O–H groups in total. The maximum atomic E-state index is 10.3. The Morgan fingerprint density at radius 1 is 1.55 bits per heavy atom. The monoisotopic (exact) mass is 206 g/mol. The summed E-state index contributed by atoms with van der Waals surface area (Å²) in [5.41, 5.74) is -0.289. The molecule has 0 aliphatic carbocycles. The number of hydrogen-bond acceptors (Lipinski definition) is 2. The summed E-state index contributed by atoms with van der Waals surface area (Å²) in [4.78, 5) is 16.8. The molecule has 5 nitrogen and oxygen atoms in total. The van der Waals surface area contributed by atoms with Crippen LogP contribution in [0, 0.1) is 0 Å². The van der Waals surface area contributed by atoms with Crippen LogP contribution in [0.3, 0.4) is 0 Å². The largest absolute Gasteiger partial charge is 1.00 e. The molecule has 1 rings (SSSR count). The molecular weight excluding hydrogens is 198 g/mol. The van der Waals surface area contributed by atoms with Gasteiger partial charge in [0.2, 0.25) is 5.50 Å². The number of hydrogen-bond donors (Lipinski definition) is 2. The van der Waals surface area contributed by atoms with Crippen LogP contribution in [0.4, 0.5) is 0 Å². The summed E-state index contributed by atoms with van der Waals surface area (Å²) in [6, 6.07) is 2.66. The SMILES string of the molecule is O.O=P(O)(O)c1ccco1.[H-].[K+]. The third-order valence-corrected chi connectivity index (χ3v) is 1.62. The zero-order valence-corrected chi connectivity index (χ0v) is 9.91. The smallest absolute Gasteiger partial charge is 1.00 e. The molecule has 11 heavy (non-hydrogen) atoms. The van der Waals surface area contributed by atoms with E-state index in [0.29, 0.717) is 0 Å². The normalized spacial score (nSPS) is 9.64. The predicted octanol–water partition coefficient (Wildman–Crippen LogP) is -3.63. The minimum atomic E-state index is -4.14. The molecule has 1 aromatic rings. The molecule has 0 saturated heterocycles. The fourth-order valence-electron chi connectivity index (χ4n) is 0.436. The van der Waals surface area contributed by atoms with Crippen molar-refractivity contribution in [3.8, 4) is 0 Å². The Kier molecular flexibility index (Phi) is 7.45. The van der Waals surface area contributed by atoms with E-state index in [0.717, 1.165) is 0 Å². The van der Waals surface area contributed by atoms with Crippen molar-refractivity contribution in [2.45, 2.75) is 0 Å². The van der Waals surface area contributed by atoms with Gasteiger partial charge in [0, 0.05) is 0 Å². The average Bonchev–Trinajstić information content (AvgIpc) is 2.08. The Morgan fingerprint density at radius 2 is 2.09 bits per heavy atom. The van der Waals surface area contributed by atoms with Crippen molar-refractivity contribution < 1.29 is 77.1 Å². The van der Waals surface area contributed by atoms with Crippen LogP contribution in [0.5, 0.6) is 0 Å². The van der Waals surface area contributed by atoms with Crippen LogP contribution in [0.15, 0.2) is 22.8 Å². The van der Waals surface area contributed by atoms with Crippen LogP contribution in [-0.4, -0.2) is 15.3 Å². The molecule has 0 saturated carbocycles. The second-order valence-electron chi connectivity index (χ2n) is 1.50. The van der Waals surface area contributed by atoms with Crippen molar-refractivity contribution in [3.05, 3.63) is 18.4 Å². The van der Waals surface area contributed by atoms with Crippen molar-refractivity contribution in [1.29, 1.82) is 0 Å². The van der Waals surface area contributed by atoms with Gasteiger partial charge in [0.15, 0.2) is 0 Å². The number of rotatable bonds is 1. The van der Waals surface area contributed by atoms with Gasteiger partial charge in [-0.3, -0.25) is 4.57 Å². The van der Waals surface area contributed by atoms with Gasteiger partial charge < -0.3 is 21.1 Å². The Hall–Kier alpha value is 1.03. The van der Waals surface area contributed by atoms with E-state index in [1.165, 1.54) is 18.4 Å². The Labute approximate surface area is 107 Å². The second kappa shape index (κ2) is 5.63. The van der Waals surface area contributed by atoms with Gasteiger partial charge in [-0.1, -0.05) is 0 Å². The fraction of sp³-hybridized carbons (Fsp3) is 0. The molecule has 60 valence electrons. The first-order valence-electron chi connectivity index (χ1n) is 2.20. The van der Waals surface area contributed by atoms with Crippen molar-refractivity contribution in [3.63, 3.8) is 0 Å². The van der Waals surface area contributed by atoms with Crippen molar-refractivity contribution in [2.24, 2.45) is 0 Å². The third-order valence-electron chi connectivity index (χ3n) is 0.793. The minimum Gasteiger partial charge on any atom is -1.00 e. The molecule has 1 aromatic heterocycles. The van der Waals surface area contributed by atoms with Gasteiger partial charge in [0.25, 0.3) is 0 Å². The van der Waals surface area contributed by atoms with Gasteiger partial charge in [0.1, 0.15) is 0 Å². The molecule has 0 aromatic carbocycles. The molecule has 0 aliphatic rings. The summed E-state index contributed by atoms with van der Waals surface area (Å²) in [5.74, 6) is 0. The van der Waals surface area contributed by atoms with Crippen LogP contribution >= 0.6 is 7.60 Å². The van der Waals surface area contributed by atoms with Crippen LogP contribution in [0.2, 0.25) is 0 Å². The summed E-state index contributed by atoms with van der Waals surface area (Å²) < 4.78 is 14.7. The molecule has 0 atom stereocenters. The van der Waals surface area contributed by atoms with Gasteiger partial charge in [-0.2, -0.15) is 0 Å². The maximum absolute atomic E-state index is 10.3. The first kappa shape index (κ1) is 14.5. The topological polar surface area (TPSA) is 102 Å². The summed E-state index contributed by atoms with van der Waals surface area (Å²) in [5, 5.41) is 0. The molecule has 0 unspecified atom stereocenters. The zero-order valence-electron chi connectivity index (χ0n) is 6.89. The van der Waals surface area contributed by atoms with Crippen LogP contribution in [-0.2, 0) is 4.57 Å². The molecule has 0 aliphatic heterocycles. The molecule has 7 heteroatoms. The fourth-order valence-corrected chi connectivity index (χ4v) is 0.914. The van der Waals surface area contributed by atoms with Crippen LogP contribution in [0.1, 0.15) is 1.43 Å². The van der Waals surface area contributed by atoms with E-state index < -0.39 is 7.60 Å². The molecule has 0 bridgehead atoms. The van der Waals surface area contributed by atoms with Crippen LogP contribution < -0.4 is 56.9 Å². The zero-order chi connectivity index (χ0) is 6.91. The molecule has 1 heterocycles. The summed E-state index contributed by atoms with van der Waals surface area (Å²) in [6.07, 6.45) is 1.22. The average molecular weight is 206 g/mol. The van der Waals surface area contributed by atoms with Crippen molar-refractivity contribution in [1.82, 2.24) is 0 Å². The molecule has 0 radical (unpaired) electrons. The maximum Gasteiger partial charge on any atom is 1.00 e. The Morgan fingerprint density at radius 3 is 2.27 bits per heavy atom.